The van der Waals surface area contributed by atoms with Gasteiger partial charge in [-0.05, 0) is 44.0 Å². The number of hydrogen-bond acceptors (Lipinski definition) is 9. The van der Waals surface area contributed by atoms with Crippen LogP contribution in [0.1, 0.15) is 33.8 Å². The number of imidazole rings is 1. The summed E-state index contributed by atoms with van der Waals surface area (Å²) in [4.78, 5) is 28.4. The first-order valence-corrected chi connectivity index (χ1v) is 13.9. The summed E-state index contributed by atoms with van der Waals surface area (Å²) in [5, 5.41) is 3.48. The number of hydrogen-bond donors (Lipinski definition) is 3. The summed E-state index contributed by atoms with van der Waals surface area (Å²) < 4.78 is 55.8. The molecule has 0 amide bonds. The Kier molecular flexibility index (Phi) is 6.94. The fourth-order valence-electron chi connectivity index (χ4n) is 4.16. The molecule has 0 bridgehead atoms. The lowest BCUT2D eigenvalue weighted by atomic mass is 10.1. The molecule has 198 valence electrons. The summed E-state index contributed by atoms with van der Waals surface area (Å²) in [5.41, 5.74) is 6.60. The lowest BCUT2D eigenvalue weighted by Crippen LogP contribution is -2.42. The topological polar surface area (TPSA) is 147 Å². The number of anilines is 2. The number of nitrogens with zero attached hydrogens (tertiary/aromatic N) is 4. The van der Waals surface area contributed by atoms with Crippen LogP contribution >= 0.6 is 11.3 Å². The van der Waals surface area contributed by atoms with Crippen molar-refractivity contribution in [2.45, 2.75) is 30.7 Å². The van der Waals surface area contributed by atoms with Crippen molar-refractivity contribution in [1.29, 1.82) is 0 Å². The number of thiazole rings is 1. The molecule has 1 saturated heterocycles. The van der Waals surface area contributed by atoms with Crippen molar-refractivity contribution >= 4 is 38.1 Å². The van der Waals surface area contributed by atoms with E-state index in [0.29, 0.717) is 29.5 Å². The van der Waals surface area contributed by atoms with Crippen LogP contribution in [0.4, 0.5) is 19.7 Å². The Bertz CT molecular complexity index is 1580. The van der Waals surface area contributed by atoms with Crippen LogP contribution in [0.15, 0.2) is 47.6 Å². The van der Waals surface area contributed by atoms with Gasteiger partial charge in [-0.25, -0.2) is 27.2 Å². The second-order valence-electron chi connectivity index (χ2n) is 8.78. The molecule has 0 aliphatic carbocycles. The first-order valence-electron chi connectivity index (χ1n) is 11.6. The Morgan fingerprint density at radius 2 is 1.84 bits per heavy atom. The number of pyridine rings is 1. The highest BCUT2D eigenvalue weighted by Crippen LogP contribution is 2.31. The van der Waals surface area contributed by atoms with E-state index in [1.807, 2.05) is 6.92 Å². The lowest BCUT2D eigenvalue weighted by molar-refractivity contribution is 0.103. The number of nitrogen functional groups attached to an aromatic ring is 1. The number of rotatable bonds is 7. The Hall–Kier alpha value is -3.75. The third kappa shape index (κ3) is 5.01. The summed E-state index contributed by atoms with van der Waals surface area (Å²) in [7, 11) is -3.74. The minimum absolute atomic E-state index is 0.0721. The van der Waals surface area contributed by atoms with Gasteiger partial charge < -0.3 is 16.0 Å². The predicted octanol–water partition coefficient (Wildman–Crippen LogP) is 3.59. The highest BCUT2D eigenvalue weighted by molar-refractivity contribution is 7.89. The number of aromatic amines is 1. The molecule has 1 fully saturated rings. The summed E-state index contributed by atoms with van der Waals surface area (Å²) >= 11 is 0.900. The van der Waals surface area contributed by atoms with Gasteiger partial charge in [0.15, 0.2) is 11.0 Å². The molecule has 38 heavy (non-hydrogen) atoms. The van der Waals surface area contributed by atoms with E-state index in [-0.39, 0.29) is 34.7 Å². The molecule has 0 radical (unpaired) electrons. The number of ketones is 1. The zero-order valence-corrected chi connectivity index (χ0v) is 21.7. The number of benzene rings is 1. The Morgan fingerprint density at radius 3 is 2.45 bits per heavy atom. The SMILES string of the molecule is Cc1cnc(-c2ccc(S(=O)(=O)N3CCC(Nc4nc(N)c(C(=O)c5c(F)cccc5F)s4)CC3)cn2)[nH]1. The molecule has 10 nitrogen and oxygen atoms in total. The second-order valence-corrected chi connectivity index (χ2v) is 11.7. The van der Waals surface area contributed by atoms with Gasteiger partial charge in [-0.15, -0.1) is 0 Å². The molecule has 0 saturated carbocycles. The maximum atomic E-state index is 14.1. The smallest absolute Gasteiger partial charge is 0.244 e. The standard InChI is InChI=1S/C24H23F2N7O3S2/c1-13-11-29-23(30-13)18-6-5-15(12-28-18)38(35,36)33-9-7-14(8-10-33)31-24-32-22(27)21(37-24)20(34)19-16(25)3-2-4-17(19)26/h2-6,11-12,14H,7-10,27H2,1H3,(H,29,30)(H,31,32). The van der Waals surface area contributed by atoms with Crippen molar-refractivity contribution < 1.29 is 22.0 Å². The summed E-state index contributed by atoms with van der Waals surface area (Å²) in [5.74, 6) is -2.42. The number of nitrogens with two attached hydrogens (primary N) is 1. The van der Waals surface area contributed by atoms with Crippen molar-refractivity contribution in [1.82, 2.24) is 24.2 Å². The quantitative estimate of drug-likeness (QED) is 0.291. The van der Waals surface area contributed by atoms with Crippen molar-refractivity contribution in [3.8, 4) is 11.5 Å². The van der Waals surface area contributed by atoms with E-state index in [1.54, 1.807) is 12.3 Å². The van der Waals surface area contributed by atoms with Gasteiger partial charge in [-0.2, -0.15) is 4.31 Å². The van der Waals surface area contributed by atoms with Gasteiger partial charge >= 0.3 is 0 Å². The van der Waals surface area contributed by atoms with E-state index >= 15 is 0 Å². The average Bonchev–Trinajstić information content (AvgIpc) is 3.49. The van der Waals surface area contributed by atoms with Crippen molar-refractivity contribution in [3.05, 3.63) is 70.5 Å². The number of piperidine rings is 1. The lowest BCUT2D eigenvalue weighted by Gasteiger charge is -2.31. The number of halogens is 2. The monoisotopic (exact) mass is 559 g/mol. The average molecular weight is 560 g/mol. The minimum Gasteiger partial charge on any atom is -0.382 e. The number of sulfonamides is 1. The highest BCUT2D eigenvalue weighted by atomic mass is 32.2. The van der Waals surface area contributed by atoms with Crippen LogP contribution in [0.2, 0.25) is 0 Å². The highest BCUT2D eigenvalue weighted by Gasteiger charge is 2.31. The van der Waals surface area contributed by atoms with Crippen LogP contribution < -0.4 is 11.1 Å². The molecule has 1 aliphatic heterocycles. The van der Waals surface area contributed by atoms with E-state index in [9.17, 15) is 22.0 Å². The number of carbonyl (C=O) groups is 1. The number of nitrogens with one attached hydrogen (secondary N) is 2. The van der Waals surface area contributed by atoms with Crippen molar-refractivity contribution in [2.24, 2.45) is 0 Å². The van der Waals surface area contributed by atoms with E-state index in [4.69, 9.17) is 5.73 Å². The van der Waals surface area contributed by atoms with E-state index in [2.05, 4.69) is 25.3 Å². The van der Waals surface area contributed by atoms with Gasteiger partial charge in [0.1, 0.15) is 32.9 Å². The molecule has 4 heterocycles. The van der Waals surface area contributed by atoms with Crippen molar-refractivity contribution in [2.75, 3.05) is 24.1 Å². The summed E-state index contributed by atoms with van der Waals surface area (Å²) in [6.45, 7) is 2.38. The van der Waals surface area contributed by atoms with Gasteiger partial charge in [0.05, 0.1) is 5.56 Å². The van der Waals surface area contributed by atoms with Crippen molar-refractivity contribution in [3.63, 3.8) is 0 Å². The van der Waals surface area contributed by atoms with Crippen LogP contribution in [0.3, 0.4) is 0 Å². The summed E-state index contributed by atoms with van der Waals surface area (Å²) in [6, 6.07) is 6.15. The second kappa shape index (κ2) is 10.2. The van der Waals surface area contributed by atoms with Crippen LogP contribution in [-0.2, 0) is 10.0 Å². The molecule has 0 atom stereocenters. The molecule has 1 aromatic carbocycles. The number of carbonyl (C=O) groups excluding carboxylic acids is 1. The molecule has 0 unspecified atom stereocenters. The molecule has 3 aromatic heterocycles. The molecule has 4 aromatic rings. The fourth-order valence-corrected chi connectivity index (χ4v) is 6.49. The first kappa shape index (κ1) is 25.9. The first-order chi connectivity index (χ1) is 18.1. The largest absolute Gasteiger partial charge is 0.382 e. The number of aromatic nitrogens is 4. The van der Waals surface area contributed by atoms with Gasteiger partial charge in [0.2, 0.25) is 15.8 Å². The maximum Gasteiger partial charge on any atom is 0.244 e. The van der Waals surface area contributed by atoms with Crippen LogP contribution in [0.5, 0.6) is 0 Å². The van der Waals surface area contributed by atoms with Crippen LogP contribution in [0.25, 0.3) is 11.5 Å². The molecule has 1 aliphatic rings. The zero-order chi connectivity index (χ0) is 27.0. The van der Waals surface area contributed by atoms with Gasteiger partial charge in [-0.3, -0.25) is 9.78 Å². The zero-order valence-electron chi connectivity index (χ0n) is 20.1. The molecule has 0 spiro atoms. The third-order valence-corrected chi connectivity index (χ3v) is 9.03. The Balaban J connectivity index is 1.22. The molecular weight excluding hydrogens is 536 g/mol. The van der Waals surface area contributed by atoms with Gasteiger partial charge in [0, 0.05) is 37.2 Å². The molecule has 5 rings (SSSR count). The normalized spacial score (nSPS) is 15.0. The Labute approximate surface area is 221 Å². The van der Waals surface area contributed by atoms with Crippen LogP contribution in [0, 0.1) is 18.6 Å². The van der Waals surface area contributed by atoms with E-state index in [0.717, 1.165) is 29.2 Å². The van der Waals surface area contributed by atoms with Gasteiger partial charge in [0.25, 0.3) is 0 Å². The Morgan fingerprint density at radius 1 is 1.13 bits per heavy atom. The van der Waals surface area contributed by atoms with Crippen LogP contribution in [-0.4, -0.2) is 57.6 Å². The fraction of sp³-hybridized carbons (Fsp3) is 0.250. The minimum atomic E-state index is -3.74. The number of aryl methyl sites for hydroxylation is 1. The summed E-state index contributed by atoms with van der Waals surface area (Å²) in [6.07, 6.45) is 3.94. The van der Waals surface area contributed by atoms with Gasteiger partial charge in [-0.1, -0.05) is 17.4 Å². The molecule has 4 N–H and O–H groups in total. The van der Waals surface area contributed by atoms with E-state index < -0.39 is 33.0 Å². The van der Waals surface area contributed by atoms with E-state index in [1.165, 1.54) is 22.6 Å². The maximum absolute atomic E-state index is 14.1. The third-order valence-electron chi connectivity index (χ3n) is 6.15. The molecule has 14 heteroatoms. The predicted molar refractivity (Wildman–Crippen MR) is 138 cm³/mol. The molecular formula is C24H23F2N7O3S2. The number of H-pyrrole nitrogens is 1.